The first-order valence-electron chi connectivity index (χ1n) is 8.30. The van der Waals surface area contributed by atoms with Gasteiger partial charge >= 0.3 is 6.03 Å². The summed E-state index contributed by atoms with van der Waals surface area (Å²) in [7, 11) is 3.13. The number of primary amides is 1. The molecule has 3 amide bonds. The van der Waals surface area contributed by atoms with Crippen molar-refractivity contribution in [2.45, 2.75) is 13.0 Å². The Morgan fingerprint density at radius 2 is 1.70 bits per heavy atom. The molecule has 0 saturated carbocycles. The van der Waals surface area contributed by atoms with Crippen molar-refractivity contribution in [3.63, 3.8) is 0 Å². The van der Waals surface area contributed by atoms with Crippen LogP contribution in [0.5, 0.6) is 11.5 Å². The fraction of sp³-hybridized carbons (Fsp3) is 0.200. The van der Waals surface area contributed by atoms with Gasteiger partial charge in [0.2, 0.25) is 5.91 Å². The topological polar surface area (TPSA) is 103 Å². The third kappa shape index (κ3) is 5.78. The highest BCUT2D eigenvalue weighted by atomic mass is 16.5. The predicted octanol–water partition coefficient (Wildman–Crippen LogP) is 3.09. The minimum Gasteiger partial charge on any atom is -0.493 e. The molecule has 0 radical (unpaired) electrons. The molecule has 4 N–H and O–H groups in total. The van der Waals surface area contributed by atoms with Crippen molar-refractivity contribution in [1.29, 1.82) is 0 Å². The summed E-state index contributed by atoms with van der Waals surface area (Å²) in [4.78, 5) is 23.0. The van der Waals surface area contributed by atoms with Crippen molar-refractivity contribution in [2.75, 3.05) is 19.5 Å². The van der Waals surface area contributed by atoms with Crippen LogP contribution in [0.3, 0.4) is 0 Å². The van der Waals surface area contributed by atoms with Crippen LogP contribution >= 0.6 is 0 Å². The Hall–Kier alpha value is -3.48. The van der Waals surface area contributed by atoms with Crippen LogP contribution in [-0.4, -0.2) is 26.2 Å². The van der Waals surface area contributed by atoms with E-state index in [1.807, 2.05) is 25.1 Å². The fourth-order valence-electron chi connectivity index (χ4n) is 2.47. The first-order chi connectivity index (χ1) is 12.9. The molecule has 0 fully saturated rings. The van der Waals surface area contributed by atoms with Gasteiger partial charge in [0.25, 0.3) is 0 Å². The molecule has 0 bridgehead atoms. The minimum atomic E-state index is -0.621. The standard InChI is InChI=1S/C20H23N3O4/c1-13(15-6-8-16(9-7-15)23-20(21)25)22-19(24)11-5-14-4-10-17(26-2)18(12-14)27-3/h4-13H,1-3H3,(H,22,24)(H3,21,23,25)/b11-5-/t13-/m1/s1. The summed E-state index contributed by atoms with van der Waals surface area (Å²) in [5.74, 6) is 0.997. The molecule has 0 saturated heterocycles. The smallest absolute Gasteiger partial charge is 0.316 e. The van der Waals surface area contributed by atoms with Crippen molar-refractivity contribution >= 4 is 23.7 Å². The van der Waals surface area contributed by atoms with E-state index in [1.54, 1.807) is 44.6 Å². The monoisotopic (exact) mass is 369 g/mol. The van der Waals surface area contributed by atoms with E-state index < -0.39 is 6.03 Å². The Labute approximate surface area is 158 Å². The lowest BCUT2D eigenvalue weighted by Crippen LogP contribution is -2.24. The quantitative estimate of drug-likeness (QED) is 0.653. The van der Waals surface area contributed by atoms with Crippen molar-refractivity contribution < 1.29 is 19.1 Å². The Morgan fingerprint density at radius 1 is 1.04 bits per heavy atom. The molecule has 0 aliphatic heterocycles. The summed E-state index contributed by atoms with van der Waals surface area (Å²) < 4.78 is 10.4. The number of ether oxygens (including phenoxy) is 2. The molecule has 0 aromatic heterocycles. The highest BCUT2D eigenvalue weighted by molar-refractivity contribution is 5.92. The van der Waals surface area contributed by atoms with Gasteiger partial charge in [-0.25, -0.2) is 4.79 Å². The van der Waals surface area contributed by atoms with Gasteiger partial charge in [-0.15, -0.1) is 0 Å². The van der Waals surface area contributed by atoms with Crippen LogP contribution in [0.15, 0.2) is 48.5 Å². The van der Waals surface area contributed by atoms with E-state index in [0.717, 1.165) is 11.1 Å². The van der Waals surface area contributed by atoms with Crippen LogP contribution in [0, 0.1) is 0 Å². The van der Waals surface area contributed by atoms with Crippen LogP contribution in [0.4, 0.5) is 10.5 Å². The Bertz CT molecular complexity index is 832. The maximum atomic E-state index is 12.2. The van der Waals surface area contributed by atoms with Gasteiger partial charge in [-0.3, -0.25) is 4.79 Å². The number of anilines is 1. The molecule has 0 spiro atoms. The Kier molecular flexibility index (Phi) is 6.82. The highest BCUT2D eigenvalue weighted by Crippen LogP contribution is 2.28. The molecule has 0 heterocycles. The molecule has 142 valence electrons. The number of methoxy groups -OCH3 is 2. The molecular formula is C20H23N3O4. The summed E-state index contributed by atoms with van der Waals surface area (Å²) in [5, 5.41) is 5.37. The lowest BCUT2D eigenvalue weighted by Gasteiger charge is -2.13. The van der Waals surface area contributed by atoms with Crippen LogP contribution < -0.4 is 25.8 Å². The summed E-state index contributed by atoms with van der Waals surface area (Å²) >= 11 is 0. The minimum absolute atomic E-state index is 0.199. The number of nitrogens with one attached hydrogen (secondary N) is 2. The third-order valence-electron chi connectivity index (χ3n) is 3.87. The normalized spacial score (nSPS) is 11.7. The van der Waals surface area contributed by atoms with Gasteiger partial charge in [0, 0.05) is 11.8 Å². The molecule has 2 aromatic carbocycles. The SMILES string of the molecule is COc1ccc(/C=C\C(=O)N[C@H](C)c2ccc(NC(N)=O)cc2)cc1OC. The van der Waals surface area contributed by atoms with Gasteiger partial charge in [0.05, 0.1) is 20.3 Å². The molecule has 2 aromatic rings. The zero-order valence-corrected chi connectivity index (χ0v) is 15.5. The number of urea groups is 1. The highest BCUT2D eigenvalue weighted by Gasteiger charge is 2.08. The second-order valence-electron chi connectivity index (χ2n) is 5.79. The van der Waals surface area contributed by atoms with E-state index in [9.17, 15) is 9.59 Å². The number of nitrogens with two attached hydrogens (primary N) is 1. The van der Waals surface area contributed by atoms with E-state index in [2.05, 4.69) is 10.6 Å². The van der Waals surface area contributed by atoms with Crippen molar-refractivity contribution in [3.8, 4) is 11.5 Å². The van der Waals surface area contributed by atoms with E-state index >= 15 is 0 Å². The number of hydrogen-bond donors (Lipinski definition) is 3. The molecule has 7 nitrogen and oxygen atoms in total. The summed E-state index contributed by atoms with van der Waals surface area (Å²) in [6.45, 7) is 1.87. The largest absolute Gasteiger partial charge is 0.493 e. The second kappa shape index (κ2) is 9.28. The van der Waals surface area contributed by atoms with Gasteiger partial charge in [0.1, 0.15) is 0 Å². The molecule has 0 unspecified atom stereocenters. The zero-order chi connectivity index (χ0) is 19.8. The number of carbonyl (C=O) groups is 2. The maximum Gasteiger partial charge on any atom is 0.316 e. The molecular weight excluding hydrogens is 346 g/mol. The lowest BCUT2D eigenvalue weighted by molar-refractivity contribution is -0.117. The predicted molar refractivity (Wildman–Crippen MR) is 105 cm³/mol. The number of amides is 3. The van der Waals surface area contributed by atoms with E-state index in [1.165, 1.54) is 6.08 Å². The molecule has 0 aliphatic rings. The summed E-state index contributed by atoms with van der Waals surface area (Å²) in [5.41, 5.74) is 7.39. The number of rotatable bonds is 7. The number of hydrogen-bond acceptors (Lipinski definition) is 4. The summed E-state index contributed by atoms with van der Waals surface area (Å²) in [6.07, 6.45) is 3.16. The first-order valence-corrected chi connectivity index (χ1v) is 8.30. The third-order valence-corrected chi connectivity index (χ3v) is 3.87. The lowest BCUT2D eigenvalue weighted by atomic mass is 10.1. The van der Waals surface area contributed by atoms with Crippen molar-refractivity contribution in [2.24, 2.45) is 5.73 Å². The van der Waals surface area contributed by atoms with E-state index in [4.69, 9.17) is 15.2 Å². The van der Waals surface area contributed by atoms with Crippen LogP contribution in [0.1, 0.15) is 24.1 Å². The fourth-order valence-corrected chi connectivity index (χ4v) is 2.47. The maximum absolute atomic E-state index is 12.2. The van der Waals surface area contributed by atoms with E-state index in [0.29, 0.717) is 17.2 Å². The van der Waals surface area contributed by atoms with Crippen molar-refractivity contribution in [1.82, 2.24) is 5.32 Å². The first kappa shape index (κ1) is 19.8. The van der Waals surface area contributed by atoms with Gasteiger partial charge in [-0.1, -0.05) is 18.2 Å². The average Bonchev–Trinajstić information content (AvgIpc) is 2.66. The van der Waals surface area contributed by atoms with Gasteiger partial charge < -0.3 is 25.8 Å². The second-order valence-corrected chi connectivity index (χ2v) is 5.79. The Balaban J connectivity index is 1.98. The van der Waals surface area contributed by atoms with Crippen molar-refractivity contribution in [3.05, 3.63) is 59.7 Å². The average molecular weight is 369 g/mol. The van der Waals surface area contributed by atoms with Crippen LogP contribution in [0.25, 0.3) is 6.08 Å². The molecule has 1 atom stereocenters. The van der Waals surface area contributed by atoms with Gasteiger partial charge in [0.15, 0.2) is 11.5 Å². The summed E-state index contributed by atoms with van der Waals surface area (Å²) in [6, 6.07) is 11.7. The van der Waals surface area contributed by atoms with Crippen LogP contribution in [-0.2, 0) is 4.79 Å². The number of carbonyl (C=O) groups excluding carboxylic acids is 2. The van der Waals surface area contributed by atoms with Gasteiger partial charge in [-0.2, -0.15) is 0 Å². The molecule has 0 aliphatic carbocycles. The van der Waals surface area contributed by atoms with E-state index in [-0.39, 0.29) is 11.9 Å². The Morgan fingerprint density at radius 3 is 2.30 bits per heavy atom. The molecule has 27 heavy (non-hydrogen) atoms. The molecule has 7 heteroatoms. The van der Waals surface area contributed by atoms with Gasteiger partial charge in [-0.05, 0) is 48.4 Å². The van der Waals surface area contributed by atoms with Crippen LogP contribution in [0.2, 0.25) is 0 Å². The molecule has 2 rings (SSSR count). The zero-order valence-electron chi connectivity index (χ0n) is 15.5. The number of benzene rings is 2.